The van der Waals surface area contributed by atoms with Gasteiger partial charge in [0.25, 0.3) is 5.56 Å². The molecule has 0 aliphatic heterocycles. The van der Waals surface area contributed by atoms with Crippen LogP contribution >= 0.6 is 0 Å². The molecule has 2 N–H and O–H groups in total. The molecule has 0 bridgehead atoms. The average Bonchev–Trinajstić information content (AvgIpc) is 3.52. The number of pyridine rings is 2. The predicted molar refractivity (Wildman–Crippen MR) is 120 cm³/mol. The molecule has 1 saturated carbocycles. The van der Waals surface area contributed by atoms with Crippen molar-refractivity contribution < 1.29 is 6.53 Å². The topological polar surface area (TPSA) is 67.2 Å². The first-order valence-corrected chi connectivity index (χ1v) is 9.77. The Morgan fingerprint density at radius 2 is 2.03 bits per heavy atom. The van der Waals surface area contributed by atoms with E-state index < -0.39 is 0 Å². The molecule has 0 saturated heterocycles. The maximum atomic E-state index is 13.1. The number of nitrogens with zero attached hydrogens (tertiary/aromatic N) is 2. The molecule has 1 aliphatic carbocycles. The van der Waals surface area contributed by atoms with Crippen LogP contribution in [0, 0.1) is 19.8 Å². The molecule has 3 aromatic rings. The number of fused-ring (bicyclic) bond motifs is 1. The number of benzene rings is 1. The summed E-state index contributed by atoms with van der Waals surface area (Å²) in [7, 11) is 1.79. The quantitative estimate of drug-likeness (QED) is 0.462. The molecule has 29 heavy (non-hydrogen) atoms. The molecule has 0 spiro atoms. The predicted octanol–water partition coefficient (Wildman–Crippen LogP) is 5.24. The molecular formula is C24H27N3O2. The van der Waals surface area contributed by atoms with Gasteiger partial charge in [-0.25, -0.2) is 0 Å². The second-order valence-corrected chi connectivity index (χ2v) is 7.83. The molecule has 0 atom stereocenters. The Labute approximate surface area is 171 Å². The standard InChI is InChI=1S/C24H25N3O2.H2/c1-14-5-8-19(26-16(3)10-23(28)17-6-7-17)12-20(14)21-11-18-13-25-15(2)9-22(18)27(4)24(21)29;/h5,8-13,17,26,28H,3,6-7H2,1-2,4H3;1H/b23-10-;. The van der Waals surface area contributed by atoms with Crippen LogP contribution in [-0.2, 0) is 7.05 Å². The van der Waals surface area contributed by atoms with Crippen molar-refractivity contribution in [3.8, 4) is 11.1 Å². The van der Waals surface area contributed by atoms with E-state index in [0.717, 1.165) is 46.3 Å². The summed E-state index contributed by atoms with van der Waals surface area (Å²) >= 11 is 0. The van der Waals surface area contributed by atoms with Gasteiger partial charge in [-0.1, -0.05) is 12.6 Å². The third-order valence-corrected chi connectivity index (χ3v) is 5.40. The Morgan fingerprint density at radius 3 is 2.76 bits per heavy atom. The van der Waals surface area contributed by atoms with E-state index in [9.17, 15) is 9.90 Å². The smallest absolute Gasteiger partial charge is 0.258 e. The number of hydrogen-bond acceptors (Lipinski definition) is 4. The first kappa shape index (κ1) is 19.0. The highest BCUT2D eigenvalue weighted by Crippen LogP contribution is 2.35. The Hall–Kier alpha value is -3.34. The van der Waals surface area contributed by atoms with Gasteiger partial charge < -0.3 is 15.0 Å². The number of aliphatic hydroxyl groups is 1. The lowest BCUT2D eigenvalue weighted by atomic mass is 9.99. The number of aromatic nitrogens is 2. The van der Waals surface area contributed by atoms with Crippen LogP contribution in [0.15, 0.2) is 65.4 Å². The lowest BCUT2D eigenvalue weighted by Gasteiger charge is -2.14. The zero-order chi connectivity index (χ0) is 20.7. The van der Waals surface area contributed by atoms with Gasteiger partial charge in [0.05, 0.1) is 11.3 Å². The minimum Gasteiger partial charge on any atom is -0.512 e. The molecule has 2 aromatic heterocycles. The van der Waals surface area contributed by atoms with Crippen LogP contribution in [0.3, 0.4) is 0 Å². The Morgan fingerprint density at radius 1 is 1.28 bits per heavy atom. The number of nitrogens with one attached hydrogen (secondary N) is 1. The zero-order valence-electron chi connectivity index (χ0n) is 17.0. The largest absolute Gasteiger partial charge is 0.512 e. The minimum atomic E-state index is -0.0477. The van der Waals surface area contributed by atoms with Crippen molar-refractivity contribution in [2.75, 3.05) is 5.32 Å². The average molecular weight is 389 g/mol. The summed E-state index contributed by atoms with van der Waals surface area (Å²) in [4.78, 5) is 17.4. The summed E-state index contributed by atoms with van der Waals surface area (Å²) in [6, 6.07) is 9.71. The van der Waals surface area contributed by atoms with Crippen molar-refractivity contribution in [2.24, 2.45) is 13.0 Å². The van der Waals surface area contributed by atoms with Crippen molar-refractivity contribution >= 4 is 16.6 Å². The van der Waals surface area contributed by atoms with Crippen LogP contribution in [0.2, 0.25) is 0 Å². The van der Waals surface area contributed by atoms with Crippen molar-refractivity contribution in [1.29, 1.82) is 0 Å². The fourth-order valence-electron chi connectivity index (χ4n) is 3.54. The van der Waals surface area contributed by atoms with E-state index in [1.807, 2.05) is 44.2 Å². The summed E-state index contributed by atoms with van der Waals surface area (Å²) < 4.78 is 1.67. The first-order valence-electron chi connectivity index (χ1n) is 9.77. The van der Waals surface area contributed by atoms with Gasteiger partial charge in [0, 0.05) is 48.6 Å². The van der Waals surface area contributed by atoms with Gasteiger partial charge in [0.2, 0.25) is 0 Å². The van der Waals surface area contributed by atoms with Crippen molar-refractivity contribution in [3.05, 3.63) is 82.3 Å². The fraction of sp³-hybridized carbons (Fsp3) is 0.250. The van der Waals surface area contributed by atoms with E-state index in [0.29, 0.717) is 17.0 Å². The van der Waals surface area contributed by atoms with Crippen LogP contribution in [0.4, 0.5) is 5.69 Å². The highest BCUT2D eigenvalue weighted by atomic mass is 16.3. The molecule has 0 amide bonds. The van der Waals surface area contributed by atoms with Gasteiger partial charge in [-0.15, -0.1) is 0 Å². The highest BCUT2D eigenvalue weighted by Gasteiger charge is 2.25. The number of aryl methyl sites for hydroxylation is 3. The van der Waals surface area contributed by atoms with E-state index in [4.69, 9.17) is 0 Å². The maximum Gasteiger partial charge on any atom is 0.258 e. The Bertz CT molecular complexity index is 1220. The van der Waals surface area contributed by atoms with E-state index in [-0.39, 0.29) is 12.9 Å². The molecule has 0 radical (unpaired) electrons. The van der Waals surface area contributed by atoms with Crippen LogP contribution < -0.4 is 10.9 Å². The molecular weight excluding hydrogens is 362 g/mol. The molecule has 5 heteroatoms. The molecule has 4 rings (SSSR count). The van der Waals surface area contributed by atoms with Crippen LogP contribution in [0.1, 0.15) is 25.5 Å². The van der Waals surface area contributed by atoms with E-state index in [1.54, 1.807) is 23.9 Å². The summed E-state index contributed by atoms with van der Waals surface area (Å²) in [5, 5.41) is 14.2. The SMILES string of the molecule is C=C(/C=C(\O)C1CC1)Nc1ccc(C)c(-c2cc3cnc(C)cc3n(C)c2=O)c1.[HH]. The van der Waals surface area contributed by atoms with Gasteiger partial charge in [-0.05, 0) is 68.2 Å². The molecule has 1 aromatic carbocycles. The third-order valence-electron chi connectivity index (χ3n) is 5.40. The van der Waals surface area contributed by atoms with E-state index >= 15 is 0 Å². The van der Waals surface area contributed by atoms with Crippen molar-refractivity contribution in [2.45, 2.75) is 26.7 Å². The van der Waals surface area contributed by atoms with E-state index in [2.05, 4.69) is 16.9 Å². The number of hydrogen-bond donors (Lipinski definition) is 2. The summed E-state index contributed by atoms with van der Waals surface area (Å²) in [6.45, 7) is 7.89. The van der Waals surface area contributed by atoms with Gasteiger partial charge in [-0.2, -0.15) is 0 Å². The fourth-order valence-corrected chi connectivity index (χ4v) is 3.54. The number of allylic oxidation sites excluding steroid dienone is 2. The normalized spacial score (nSPS) is 14.2. The molecule has 150 valence electrons. The van der Waals surface area contributed by atoms with Crippen LogP contribution in [0.25, 0.3) is 22.0 Å². The third kappa shape index (κ3) is 3.81. The highest BCUT2D eigenvalue weighted by molar-refractivity contribution is 5.85. The van der Waals surface area contributed by atoms with Crippen molar-refractivity contribution in [1.82, 2.24) is 9.55 Å². The minimum absolute atomic E-state index is 0. The number of aliphatic hydroxyl groups excluding tert-OH is 1. The van der Waals surface area contributed by atoms with Crippen molar-refractivity contribution in [3.63, 3.8) is 0 Å². The number of anilines is 1. The molecule has 1 fully saturated rings. The van der Waals surface area contributed by atoms with Gasteiger partial charge >= 0.3 is 0 Å². The lowest BCUT2D eigenvalue weighted by Crippen LogP contribution is -2.19. The van der Waals surface area contributed by atoms with Crippen LogP contribution in [-0.4, -0.2) is 14.7 Å². The van der Waals surface area contributed by atoms with Crippen LogP contribution in [0.5, 0.6) is 0 Å². The first-order chi connectivity index (χ1) is 13.8. The van der Waals surface area contributed by atoms with Gasteiger partial charge in [0.1, 0.15) is 0 Å². The summed E-state index contributed by atoms with van der Waals surface area (Å²) in [6.07, 6.45) is 5.55. The summed E-state index contributed by atoms with van der Waals surface area (Å²) in [5.74, 6) is 0.654. The Kier molecular flexibility index (Phi) is 4.74. The second kappa shape index (κ2) is 7.24. The second-order valence-electron chi connectivity index (χ2n) is 7.83. The Balaban J connectivity index is 0.00000256. The summed E-state index contributed by atoms with van der Waals surface area (Å²) in [5.41, 5.74) is 5.64. The molecule has 2 heterocycles. The molecule has 1 aliphatic rings. The maximum absolute atomic E-state index is 13.1. The lowest BCUT2D eigenvalue weighted by molar-refractivity contribution is 0.379. The zero-order valence-corrected chi connectivity index (χ0v) is 17.0. The van der Waals surface area contributed by atoms with Gasteiger partial charge in [-0.3, -0.25) is 9.78 Å². The monoisotopic (exact) mass is 389 g/mol. The molecule has 5 nitrogen and oxygen atoms in total. The van der Waals surface area contributed by atoms with E-state index in [1.165, 1.54) is 0 Å². The molecule has 0 unspecified atom stereocenters. The number of rotatable bonds is 5. The van der Waals surface area contributed by atoms with Gasteiger partial charge in [0.15, 0.2) is 0 Å².